The zero-order chi connectivity index (χ0) is 36.3. The number of rotatable bonds is 3. The summed E-state index contributed by atoms with van der Waals surface area (Å²) in [6.07, 6.45) is 13.3. The highest BCUT2D eigenvalue weighted by Gasteiger charge is 2.53. The van der Waals surface area contributed by atoms with Gasteiger partial charge in [-0.2, -0.15) is 5.10 Å². The second-order valence-corrected chi connectivity index (χ2v) is 16.8. The van der Waals surface area contributed by atoms with Crippen LogP contribution in [-0.4, -0.2) is 105 Å². The number of piperazine rings is 1. The summed E-state index contributed by atoms with van der Waals surface area (Å²) in [4.78, 5) is 41.4. The minimum absolute atomic E-state index is 0.0444. The fraction of sp³-hybridized carbons (Fsp3) is 0.600. The van der Waals surface area contributed by atoms with Crippen molar-refractivity contribution in [1.29, 1.82) is 0 Å². The number of hydrogen-bond donors (Lipinski definition) is 0. The van der Waals surface area contributed by atoms with Gasteiger partial charge in [0.25, 0.3) is 0 Å². The van der Waals surface area contributed by atoms with E-state index in [1.807, 2.05) is 44.0 Å². The van der Waals surface area contributed by atoms with Crippen molar-refractivity contribution in [3.05, 3.63) is 59.5 Å². The number of amides is 1. The molecule has 1 amide bonds. The molecule has 11 nitrogen and oxygen atoms in total. The molecule has 5 heterocycles. The second kappa shape index (κ2) is 13.1. The smallest absolute Gasteiger partial charge is 0.410 e. The lowest BCUT2D eigenvalue weighted by Crippen LogP contribution is -2.64. The summed E-state index contributed by atoms with van der Waals surface area (Å²) in [5.41, 5.74) is 3.93. The van der Waals surface area contributed by atoms with E-state index in [4.69, 9.17) is 19.6 Å². The average molecular weight is 698 g/mol. The van der Waals surface area contributed by atoms with Gasteiger partial charge in [-0.25, -0.2) is 14.5 Å². The molecular formula is C40H55N7O4. The summed E-state index contributed by atoms with van der Waals surface area (Å²) < 4.78 is 13.9. The molecule has 274 valence electrons. The summed E-state index contributed by atoms with van der Waals surface area (Å²) in [5.74, 6) is 1.06. The van der Waals surface area contributed by atoms with Gasteiger partial charge in [0.1, 0.15) is 23.6 Å². The number of amidine groups is 1. The number of carbonyl (C=O) groups excluding carboxylic acids is 2. The van der Waals surface area contributed by atoms with Gasteiger partial charge in [-0.05, 0) is 83.4 Å². The molecule has 1 aromatic heterocycles. The van der Waals surface area contributed by atoms with E-state index in [0.717, 1.165) is 61.3 Å². The fourth-order valence-electron chi connectivity index (χ4n) is 8.67. The number of fused-ring (bicyclic) bond motifs is 1. The lowest BCUT2D eigenvalue weighted by molar-refractivity contribution is -0.128. The van der Waals surface area contributed by atoms with Gasteiger partial charge in [-0.15, -0.1) is 0 Å². The molecular weight excluding hydrogens is 642 g/mol. The van der Waals surface area contributed by atoms with Crippen LogP contribution < -0.4 is 4.90 Å². The number of ketones is 1. The van der Waals surface area contributed by atoms with E-state index in [1.165, 1.54) is 16.8 Å². The van der Waals surface area contributed by atoms with Crippen molar-refractivity contribution in [2.75, 3.05) is 50.9 Å². The van der Waals surface area contributed by atoms with Gasteiger partial charge in [0.2, 0.25) is 0 Å². The van der Waals surface area contributed by atoms with Gasteiger partial charge in [0, 0.05) is 55.5 Å². The van der Waals surface area contributed by atoms with Crippen LogP contribution in [0.3, 0.4) is 0 Å². The van der Waals surface area contributed by atoms with Gasteiger partial charge in [-0.1, -0.05) is 45.1 Å². The minimum Gasteiger partial charge on any atom is -0.444 e. The van der Waals surface area contributed by atoms with Crippen molar-refractivity contribution in [2.24, 2.45) is 10.4 Å². The lowest BCUT2D eigenvalue weighted by atomic mass is 9.67. The third kappa shape index (κ3) is 6.25. The van der Waals surface area contributed by atoms with E-state index in [0.29, 0.717) is 32.8 Å². The van der Waals surface area contributed by atoms with E-state index >= 15 is 0 Å². The Hall–Kier alpha value is -4.12. The van der Waals surface area contributed by atoms with Gasteiger partial charge >= 0.3 is 6.09 Å². The first-order chi connectivity index (χ1) is 24.2. The number of benzene rings is 1. The summed E-state index contributed by atoms with van der Waals surface area (Å²) in [7, 11) is 0. The molecule has 1 aromatic carbocycles. The normalized spacial score (nSPS) is 26.2. The maximum absolute atomic E-state index is 14.2. The van der Waals surface area contributed by atoms with E-state index in [9.17, 15) is 9.59 Å². The number of ether oxygens (including phenoxy) is 2. The molecule has 1 aliphatic carbocycles. The van der Waals surface area contributed by atoms with Crippen LogP contribution in [0.1, 0.15) is 85.9 Å². The molecule has 2 saturated heterocycles. The summed E-state index contributed by atoms with van der Waals surface area (Å²) in [6.45, 7) is 20.8. The summed E-state index contributed by atoms with van der Waals surface area (Å²) >= 11 is 0. The highest BCUT2D eigenvalue weighted by atomic mass is 16.6. The van der Waals surface area contributed by atoms with Crippen LogP contribution >= 0.6 is 0 Å². The van der Waals surface area contributed by atoms with Crippen molar-refractivity contribution in [3.8, 4) is 0 Å². The van der Waals surface area contributed by atoms with Gasteiger partial charge < -0.3 is 29.1 Å². The molecule has 4 aliphatic heterocycles. The predicted octanol–water partition coefficient (Wildman–Crippen LogP) is 6.60. The SMILES string of the molecule is Cc1ccc2c(cnn2C2CCCCO2)c1N1CCC2=C(C1)N(C1(C(C)(C)C)C=CC=CC1=O)CN=C2N1CCN(C(=O)OC(C)(C)C)C[C@@H]1C. The van der Waals surface area contributed by atoms with Crippen molar-refractivity contribution in [2.45, 2.75) is 104 Å². The topological polar surface area (TPSA) is 95.7 Å². The number of allylic oxidation sites excluding steroid dienone is 2. The van der Waals surface area contributed by atoms with E-state index in [1.54, 1.807) is 6.08 Å². The Kier molecular flexibility index (Phi) is 9.09. The van der Waals surface area contributed by atoms with Gasteiger partial charge in [0.05, 0.1) is 23.9 Å². The number of aromatic nitrogens is 2. The molecule has 7 rings (SSSR count). The Morgan fingerprint density at radius 2 is 1.86 bits per heavy atom. The second-order valence-electron chi connectivity index (χ2n) is 16.8. The zero-order valence-electron chi connectivity index (χ0n) is 31.7. The van der Waals surface area contributed by atoms with Crippen LogP contribution in [0, 0.1) is 12.3 Å². The molecule has 3 atom stereocenters. The Balaban J connectivity index is 1.27. The quantitative estimate of drug-likeness (QED) is 0.354. The number of carbonyl (C=O) groups is 2. The van der Waals surface area contributed by atoms with Crippen LogP contribution in [0.15, 0.2) is 58.9 Å². The first-order valence-electron chi connectivity index (χ1n) is 18.7. The number of aliphatic imine (C=N–C) groups is 1. The first kappa shape index (κ1) is 35.3. The Morgan fingerprint density at radius 3 is 2.55 bits per heavy atom. The highest BCUT2D eigenvalue weighted by molar-refractivity contribution is 6.04. The average Bonchev–Trinajstić information content (AvgIpc) is 3.51. The molecule has 0 saturated carbocycles. The predicted molar refractivity (Wildman–Crippen MR) is 201 cm³/mol. The Morgan fingerprint density at radius 1 is 1.06 bits per heavy atom. The zero-order valence-corrected chi connectivity index (χ0v) is 31.7. The maximum Gasteiger partial charge on any atom is 0.410 e. The maximum atomic E-state index is 14.2. The van der Waals surface area contributed by atoms with E-state index in [-0.39, 0.29) is 24.1 Å². The molecule has 5 aliphatic rings. The van der Waals surface area contributed by atoms with Crippen LogP contribution in [0.4, 0.5) is 10.5 Å². The van der Waals surface area contributed by atoms with E-state index in [2.05, 4.69) is 72.2 Å². The fourth-order valence-corrected chi connectivity index (χ4v) is 8.67. The highest BCUT2D eigenvalue weighted by Crippen LogP contribution is 2.46. The molecule has 0 spiro atoms. The molecule has 0 bridgehead atoms. The van der Waals surface area contributed by atoms with Crippen molar-refractivity contribution in [3.63, 3.8) is 0 Å². The molecule has 2 aromatic rings. The van der Waals surface area contributed by atoms with Gasteiger partial charge in [-0.3, -0.25) is 4.79 Å². The van der Waals surface area contributed by atoms with Crippen LogP contribution in [0.2, 0.25) is 0 Å². The molecule has 51 heavy (non-hydrogen) atoms. The third-order valence-electron chi connectivity index (χ3n) is 11.2. The van der Waals surface area contributed by atoms with Crippen LogP contribution in [-0.2, 0) is 14.3 Å². The third-order valence-corrected chi connectivity index (χ3v) is 11.2. The molecule has 0 radical (unpaired) electrons. The Bertz CT molecular complexity index is 1820. The van der Waals surface area contributed by atoms with E-state index < -0.39 is 16.6 Å². The lowest BCUT2D eigenvalue weighted by Gasteiger charge is -2.54. The number of aryl methyl sites for hydroxylation is 1. The standard InChI is InChI=1S/C40H55N7O4/c1-27-15-16-31-30(23-42-47(31)34-14-10-12-22-50-34)35(27)43-19-17-29-32(25-43)46(40(38(3,4)5)18-11-9-13-33(40)48)26-41-36(29)45-21-20-44(24-28(45)2)37(49)51-39(6,7)8/h9,11,13,15-16,18,23,28,34H,10,12,14,17,19-22,24-26H2,1-8H3/t28-,34?,40?/m0/s1. The number of nitrogens with zero attached hydrogens (tertiary/aromatic N) is 7. The molecule has 0 N–H and O–H groups in total. The Labute approximate surface area is 302 Å². The minimum atomic E-state index is -0.897. The summed E-state index contributed by atoms with van der Waals surface area (Å²) in [6, 6.07) is 4.42. The molecule has 2 fully saturated rings. The van der Waals surface area contributed by atoms with Crippen LogP contribution in [0.5, 0.6) is 0 Å². The van der Waals surface area contributed by atoms with Crippen LogP contribution in [0.25, 0.3) is 10.9 Å². The molecule has 2 unspecified atom stereocenters. The largest absolute Gasteiger partial charge is 0.444 e. The molecule has 11 heteroatoms. The first-order valence-corrected chi connectivity index (χ1v) is 18.7. The number of hydrogen-bond acceptors (Lipinski definition) is 9. The monoisotopic (exact) mass is 697 g/mol. The summed E-state index contributed by atoms with van der Waals surface area (Å²) in [5, 5.41) is 6.00. The van der Waals surface area contributed by atoms with Crippen molar-refractivity contribution < 1.29 is 19.1 Å². The van der Waals surface area contributed by atoms with Crippen molar-refractivity contribution in [1.82, 2.24) is 24.5 Å². The number of anilines is 1. The van der Waals surface area contributed by atoms with Crippen molar-refractivity contribution >= 4 is 34.3 Å². The van der Waals surface area contributed by atoms with Gasteiger partial charge in [0.15, 0.2) is 12.0 Å².